The molecule has 0 unspecified atom stereocenters. The van der Waals surface area contributed by atoms with E-state index in [1.807, 2.05) is 42.6 Å². The third-order valence-electron chi connectivity index (χ3n) is 2.98. The Morgan fingerprint density at radius 1 is 1.10 bits per heavy atom. The van der Waals surface area contributed by atoms with Crippen LogP contribution in [0.1, 0.15) is 5.56 Å². The molecule has 5 heteroatoms. The normalized spacial score (nSPS) is 10.7. The van der Waals surface area contributed by atoms with Crippen LogP contribution in [0.3, 0.4) is 0 Å². The van der Waals surface area contributed by atoms with E-state index >= 15 is 0 Å². The monoisotopic (exact) mass is 285 g/mol. The van der Waals surface area contributed by atoms with Gasteiger partial charge < -0.3 is 5.11 Å². The number of benzene rings is 2. The van der Waals surface area contributed by atoms with E-state index in [0.717, 1.165) is 16.8 Å². The molecule has 0 aliphatic carbocycles. The third kappa shape index (κ3) is 2.65. The maximum absolute atomic E-state index is 9.75. The highest BCUT2D eigenvalue weighted by atomic mass is 35.5. The number of rotatable bonds is 3. The molecule has 1 heterocycles. The van der Waals surface area contributed by atoms with Crippen molar-refractivity contribution in [3.05, 3.63) is 65.3 Å². The molecule has 20 heavy (non-hydrogen) atoms. The second-order valence-electron chi connectivity index (χ2n) is 4.44. The molecule has 1 aromatic heterocycles. The molecule has 3 rings (SSSR count). The number of nitrogens with zero attached hydrogens (tertiary/aromatic N) is 3. The molecule has 0 spiro atoms. The molecule has 3 aromatic rings. The van der Waals surface area contributed by atoms with Crippen LogP contribution in [0.4, 0.5) is 0 Å². The van der Waals surface area contributed by atoms with Crippen LogP contribution in [0.2, 0.25) is 5.02 Å². The number of hydrogen-bond acceptors (Lipinski definition) is 3. The number of para-hydroxylation sites is 1. The fourth-order valence-electron chi connectivity index (χ4n) is 1.97. The van der Waals surface area contributed by atoms with Gasteiger partial charge in [0.05, 0.1) is 12.7 Å². The Hall–Kier alpha value is -2.33. The molecule has 0 atom stereocenters. The highest BCUT2D eigenvalue weighted by molar-refractivity contribution is 6.30. The van der Waals surface area contributed by atoms with Crippen LogP contribution >= 0.6 is 11.6 Å². The highest BCUT2D eigenvalue weighted by Gasteiger charge is 2.06. The van der Waals surface area contributed by atoms with E-state index in [4.69, 9.17) is 11.6 Å². The van der Waals surface area contributed by atoms with Crippen molar-refractivity contribution < 1.29 is 5.11 Å². The summed E-state index contributed by atoms with van der Waals surface area (Å²) < 4.78 is 1.69. The second kappa shape index (κ2) is 5.35. The van der Waals surface area contributed by atoms with Gasteiger partial charge in [0.1, 0.15) is 11.4 Å². The van der Waals surface area contributed by atoms with Gasteiger partial charge >= 0.3 is 0 Å². The predicted molar refractivity (Wildman–Crippen MR) is 77.7 cm³/mol. The molecular formula is C15H12ClN3O. The summed E-state index contributed by atoms with van der Waals surface area (Å²) in [6.45, 7) is 0.472. The lowest BCUT2D eigenvalue weighted by atomic mass is 10.2. The topological polar surface area (TPSA) is 50.9 Å². The lowest BCUT2D eigenvalue weighted by Gasteiger charge is -2.03. The summed E-state index contributed by atoms with van der Waals surface area (Å²) in [5, 5.41) is 18.6. The average Bonchev–Trinajstić information content (AvgIpc) is 2.90. The maximum atomic E-state index is 9.75. The van der Waals surface area contributed by atoms with Gasteiger partial charge in [0, 0.05) is 16.1 Å². The van der Waals surface area contributed by atoms with Crippen LogP contribution in [-0.2, 0) is 6.54 Å². The number of halogens is 1. The van der Waals surface area contributed by atoms with Crippen LogP contribution in [0.15, 0.2) is 54.7 Å². The minimum Gasteiger partial charge on any atom is -0.508 e. The first-order valence-corrected chi connectivity index (χ1v) is 6.53. The minimum absolute atomic E-state index is 0.257. The standard InChI is InChI=1S/C15H12ClN3O/c16-13-6-3-5-11(8-13)14-10-19(18-17-14)9-12-4-1-2-7-15(12)20/h1-8,10,20H,9H2. The van der Waals surface area contributed by atoms with Crippen LogP contribution in [0.25, 0.3) is 11.3 Å². The summed E-state index contributed by atoms with van der Waals surface area (Å²) in [4.78, 5) is 0. The van der Waals surface area contributed by atoms with E-state index < -0.39 is 0 Å². The van der Waals surface area contributed by atoms with Gasteiger partial charge in [0.15, 0.2) is 0 Å². The molecular weight excluding hydrogens is 274 g/mol. The first-order valence-electron chi connectivity index (χ1n) is 6.15. The molecule has 1 N–H and O–H groups in total. The van der Waals surface area contributed by atoms with Crippen molar-refractivity contribution in [2.24, 2.45) is 0 Å². The Balaban J connectivity index is 1.86. The van der Waals surface area contributed by atoms with Gasteiger partial charge in [-0.05, 0) is 18.2 Å². The van der Waals surface area contributed by atoms with Crippen molar-refractivity contribution in [1.82, 2.24) is 15.0 Å². The van der Waals surface area contributed by atoms with E-state index in [1.54, 1.807) is 16.8 Å². The van der Waals surface area contributed by atoms with Gasteiger partial charge in [-0.1, -0.05) is 47.1 Å². The van der Waals surface area contributed by atoms with Gasteiger partial charge in [-0.25, -0.2) is 4.68 Å². The first-order chi connectivity index (χ1) is 9.72. The molecule has 0 fully saturated rings. The lowest BCUT2D eigenvalue weighted by Crippen LogP contribution is -2.00. The van der Waals surface area contributed by atoms with Gasteiger partial charge in [0.25, 0.3) is 0 Å². The van der Waals surface area contributed by atoms with Crippen molar-refractivity contribution in [3.8, 4) is 17.0 Å². The molecule has 2 aromatic carbocycles. The summed E-state index contributed by atoms with van der Waals surface area (Å²) >= 11 is 5.96. The van der Waals surface area contributed by atoms with Crippen molar-refractivity contribution in [1.29, 1.82) is 0 Å². The predicted octanol–water partition coefficient (Wildman–Crippen LogP) is 3.35. The van der Waals surface area contributed by atoms with Crippen LogP contribution in [-0.4, -0.2) is 20.1 Å². The summed E-state index contributed by atoms with van der Waals surface area (Å²) in [6, 6.07) is 14.6. The zero-order chi connectivity index (χ0) is 13.9. The Bertz CT molecular complexity index is 739. The Morgan fingerprint density at radius 3 is 2.75 bits per heavy atom. The molecule has 100 valence electrons. The van der Waals surface area contributed by atoms with Crippen molar-refractivity contribution in [3.63, 3.8) is 0 Å². The van der Waals surface area contributed by atoms with E-state index in [1.165, 1.54) is 0 Å². The number of aromatic hydroxyl groups is 1. The Morgan fingerprint density at radius 2 is 1.95 bits per heavy atom. The van der Waals surface area contributed by atoms with Crippen molar-refractivity contribution in [2.75, 3.05) is 0 Å². The van der Waals surface area contributed by atoms with Gasteiger partial charge in [-0.15, -0.1) is 5.10 Å². The van der Waals surface area contributed by atoms with Crippen molar-refractivity contribution in [2.45, 2.75) is 6.54 Å². The SMILES string of the molecule is Oc1ccccc1Cn1cc(-c2cccc(Cl)c2)nn1. The molecule has 0 radical (unpaired) electrons. The minimum atomic E-state index is 0.257. The molecule has 0 bridgehead atoms. The van der Waals surface area contributed by atoms with Gasteiger partial charge in [-0.3, -0.25) is 0 Å². The molecule has 0 saturated heterocycles. The van der Waals surface area contributed by atoms with Gasteiger partial charge in [-0.2, -0.15) is 0 Å². The highest BCUT2D eigenvalue weighted by Crippen LogP contribution is 2.21. The summed E-state index contributed by atoms with van der Waals surface area (Å²) in [5.41, 5.74) is 2.47. The fraction of sp³-hybridized carbons (Fsp3) is 0.0667. The van der Waals surface area contributed by atoms with Crippen molar-refractivity contribution >= 4 is 11.6 Å². The zero-order valence-electron chi connectivity index (χ0n) is 10.6. The molecule has 0 saturated carbocycles. The third-order valence-corrected chi connectivity index (χ3v) is 3.22. The first kappa shape index (κ1) is 12.7. The molecule has 0 amide bonds. The van der Waals surface area contributed by atoms with Gasteiger partial charge in [0.2, 0.25) is 0 Å². The van der Waals surface area contributed by atoms with E-state index in [2.05, 4.69) is 10.3 Å². The maximum Gasteiger partial charge on any atom is 0.120 e. The van der Waals surface area contributed by atoms with Crippen LogP contribution in [0.5, 0.6) is 5.75 Å². The Kier molecular flexibility index (Phi) is 3.39. The fourth-order valence-corrected chi connectivity index (χ4v) is 2.17. The summed E-state index contributed by atoms with van der Waals surface area (Å²) in [5.74, 6) is 0.257. The smallest absolute Gasteiger partial charge is 0.120 e. The number of phenolic OH excluding ortho intramolecular Hbond substituents is 1. The Labute approximate surface area is 121 Å². The largest absolute Gasteiger partial charge is 0.508 e. The summed E-state index contributed by atoms with van der Waals surface area (Å²) in [6.07, 6.45) is 1.83. The van der Waals surface area contributed by atoms with E-state index in [9.17, 15) is 5.11 Å². The number of phenols is 1. The number of aromatic nitrogens is 3. The van der Waals surface area contributed by atoms with Crippen LogP contribution in [0, 0.1) is 0 Å². The zero-order valence-corrected chi connectivity index (χ0v) is 11.3. The van der Waals surface area contributed by atoms with Crippen LogP contribution < -0.4 is 0 Å². The van der Waals surface area contributed by atoms with E-state index in [0.29, 0.717) is 11.6 Å². The quantitative estimate of drug-likeness (QED) is 0.803. The summed E-state index contributed by atoms with van der Waals surface area (Å²) in [7, 11) is 0. The molecule has 0 aliphatic heterocycles. The average molecular weight is 286 g/mol. The van der Waals surface area contributed by atoms with E-state index in [-0.39, 0.29) is 5.75 Å². The lowest BCUT2D eigenvalue weighted by molar-refractivity contribution is 0.463. The molecule has 0 aliphatic rings. The molecule has 4 nitrogen and oxygen atoms in total. The second-order valence-corrected chi connectivity index (χ2v) is 4.88. The number of hydrogen-bond donors (Lipinski definition) is 1.